The molecule has 2 heterocycles. The zero-order chi connectivity index (χ0) is 11.8. The van der Waals surface area contributed by atoms with Crippen LogP contribution in [0.5, 0.6) is 0 Å². The van der Waals surface area contributed by atoms with Crippen molar-refractivity contribution < 1.29 is 0 Å². The molecule has 0 unspecified atom stereocenters. The zero-order valence-corrected chi connectivity index (χ0v) is 10.5. The van der Waals surface area contributed by atoms with Gasteiger partial charge in [-0.3, -0.25) is 0 Å². The van der Waals surface area contributed by atoms with E-state index in [0.29, 0.717) is 0 Å². The van der Waals surface area contributed by atoms with Crippen LogP contribution in [0.25, 0.3) is 0 Å². The van der Waals surface area contributed by atoms with Crippen molar-refractivity contribution in [2.75, 3.05) is 17.2 Å². The lowest BCUT2D eigenvalue weighted by molar-refractivity contribution is 0.725. The quantitative estimate of drug-likeness (QED) is 0.782. The van der Waals surface area contributed by atoms with E-state index in [1.54, 1.807) is 11.3 Å². The Morgan fingerprint density at radius 1 is 1.35 bits per heavy atom. The van der Waals surface area contributed by atoms with Gasteiger partial charge in [-0.05, 0) is 30.5 Å². The van der Waals surface area contributed by atoms with Crippen LogP contribution < -0.4 is 10.6 Å². The standard InChI is InChI=1S/C12H14N4S/c1-8-14-15-12(17-8)16-6-5-10-9(7-16)3-2-4-11(10)13/h2-4H,5-7,13H2,1H3. The number of aryl methyl sites for hydroxylation is 1. The average molecular weight is 246 g/mol. The monoisotopic (exact) mass is 246 g/mol. The minimum Gasteiger partial charge on any atom is -0.398 e. The second-order valence-corrected chi connectivity index (χ2v) is 5.42. The van der Waals surface area contributed by atoms with Gasteiger partial charge in [0.15, 0.2) is 0 Å². The van der Waals surface area contributed by atoms with Crippen molar-refractivity contribution in [3.8, 4) is 0 Å². The van der Waals surface area contributed by atoms with Gasteiger partial charge in [0, 0.05) is 18.8 Å². The highest BCUT2D eigenvalue weighted by Crippen LogP contribution is 2.29. The molecule has 17 heavy (non-hydrogen) atoms. The molecule has 0 bridgehead atoms. The lowest BCUT2D eigenvalue weighted by Gasteiger charge is -2.28. The van der Waals surface area contributed by atoms with Crippen LogP contribution in [-0.2, 0) is 13.0 Å². The van der Waals surface area contributed by atoms with Gasteiger partial charge < -0.3 is 10.6 Å². The summed E-state index contributed by atoms with van der Waals surface area (Å²) in [6.07, 6.45) is 0.987. The minimum atomic E-state index is 0.884. The predicted molar refractivity (Wildman–Crippen MR) is 70.3 cm³/mol. The summed E-state index contributed by atoms with van der Waals surface area (Å²) in [5, 5.41) is 10.3. The van der Waals surface area contributed by atoms with Crippen LogP contribution in [0, 0.1) is 6.92 Å². The van der Waals surface area contributed by atoms with Crippen LogP contribution in [0.15, 0.2) is 18.2 Å². The fourth-order valence-electron chi connectivity index (χ4n) is 2.22. The van der Waals surface area contributed by atoms with E-state index in [1.807, 2.05) is 19.1 Å². The van der Waals surface area contributed by atoms with Crippen LogP contribution in [0.2, 0.25) is 0 Å². The van der Waals surface area contributed by atoms with E-state index < -0.39 is 0 Å². The van der Waals surface area contributed by atoms with Crippen molar-refractivity contribution in [1.82, 2.24) is 10.2 Å². The molecule has 0 spiro atoms. The summed E-state index contributed by atoms with van der Waals surface area (Å²) in [5.74, 6) is 0. The fraction of sp³-hybridized carbons (Fsp3) is 0.333. The van der Waals surface area contributed by atoms with E-state index in [9.17, 15) is 0 Å². The zero-order valence-electron chi connectivity index (χ0n) is 9.68. The van der Waals surface area contributed by atoms with Gasteiger partial charge in [-0.1, -0.05) is 23.5 Å². The molecule has 0 radical (unpaired) electrons. The van der Waals surface area contributed by atoms with E-state index in [0.717, 1.165) is 35.3 Å². The molecule has 5 heteroatoms. The van der Waals surface area contributed by atoms with E-state index >= 15 is 0 Å². The lowest BCUT2D eigenvalue weighted by atomic mass is 9.98. The summed E-state index contributed by atoms with van der Waals surface area (Å²) >= 11 is 1.65. The Balaban J connectivity index is 1.90. The SMILES string of the molecule is Cc1nnc(N2CCc3c(N)cccc3C2)s1. The molecule has 2 aromatic rings. The second-order valence-electron chi connectivity index (χ2n) is 4.26. The van der Waals surface area contributed by atoms with Crippen molar-refractivity contribution in [3.63, 3.8) is 0 Å². The molecule has 0 saturated heterocycles. The highest BCUT2D eigenvalue weighted by Gasteiger charge is 2.20. The molecular weight excluding hydrogens is 232 g/mol. The summed E-state index contributed by atoms with van der Waals surface area (Å²) in [6, 6.07) is 6.14. The Bertz CT molecular complexity index is 549. The molecule has 1 aliphatic rings. The van der Waals surface area contributed by atoms with Crippen molar-refractivity contribution in [2.24, 2.45) is 0 Å². The minimum absolute atomic E-state index is 0.884. The summed E-state index contributed by atoms with van der Waals surface area (Å²) in [7, 11) is 0. The first-order valence-electron chi connectivity index (χ1n) is 5.65. The number of anilines is 2. The average Bonchev–Trinajstić information content (AvgIpc) is 2.76. The predicted octanol–water partition coefficient (Wildman–Crippen LogP) is 1.99. The van der Waals surface area contributed by atoms with Gasteiger partial charge in [0.05, 0.1) is 0 Å². The van der Waals surface area contributed by atoms with Crippen LogP contribution in [0.4, 0.5) is 10.8 Å². The van der Waals surface area contributed by atoms with Gasteiger partial charge in [0.2, 0.25) is 5.13 Å². The first kappa shape index (κ1) is 10.5. The van der Waals surface area contributed by atoms with E-state index in [-0.39, 0.29) is 0 Å². The highest BCUT2D eigenvalue weighted by atomic mass is 32.1. The molecule has 1 aromatic carbocycles. The van der Waals surface area contributed by atoms with Crippen LogP contribution >= 0.6 is 11.3 Å². The van der Waals surface area contributed by atoms with E-state index in [2.05, 4.69) is 21.2 Å². The number of benzene rings is 1. The number of nitrogens with two attached hydrogens (primary N) is 1. The van der Waals surface area contributed by atoms with Crippen LogP contribution in [0.1, 0.15) is 16.1 Å². The van der Waals surface area contributed by atoms with Crippen molar-refractivity contribution in [2.45, 2.75) is 19.9 Å². The number of hydrogen-bond donors (Lipinski definition) is 1. The Kier molecular flexibility index (Phi) is 2.48. The molecule has 0 aliphatic carbocycles. The number of hydrogen-bond acceptors (Lipinski definition) is 5. The van der Waals surface area contributed by atoms with E-state index in [4.69, 9.17) is 5.73 Å². The number of nitrogens with zero attached hydrogens (tertiary/aromatic N) is 3. The topological polar surface area (TPSA) is 55.0 Å². The molecule has 3 rings (SSSR count). The van der Waals surface area contributed by atoms with Gasteiger partial charge in [-0.25, -0.2) is 0 Å². The summed E-state index contributed by atoms with van der Waals surface area (Å²) < 4.78 is 0. The molecule has 88 valence electrons. The molecule has 4 nitrogen and oxygen atoms in total. The Hall–Kier alpha value is -1.62. The number of rotatable bonds is 1. The summed E-state index contributed by atoms with van der Waals surface area (Å²) in [4.78, 5) is 2.27. The highest BCUT2D eigenvalue weighted by molar-refractivity contribution is 7.15. The van der Waals surface area contributed by atoms with Crippen LogP contribution in [-0.4, -0.2) is 16.7 Å². The summed E-state index contributed by atoms with van der Waals surface area (Å²) in [6.45, 7) is 3.84. The number of fused-ring (bicyclic) bond motifs is 1. The van der Waals surface area contributed by atoms with Crippen molar-refractivity contribution in [3.05, 3.63) is 34.3 Å². The molecule has 0 fully saturated rings. The molecule has 1 aliphatic heterocycles. The Morgan fingerprint density at radius 2 is 2.24 bits per heavy atom. The maximum absolute atomic E-state index is 5.99. The number of nitrogen functional groups attached to an aromatic ring is 1. The summed E-state index contributed by atoms with van der Waals surface area (Å²) in [5.41, 5.74) is 9.50. The van der Waals surface area contributed by atoms with E-state index in [1.165, 1.54) is 11.1 Å². The Labute approximate surface area is 104 Å². The first-order chi connectivity index (χ1) is 8.24. The molecule has 0 amide bonds. The fourth-order valence-corrected chi connectivity index (χ4v) is 2.93. The molecule has 0 atom stereocenters. The first-order valence-corrected chi connectivity index (χ1v) is 6.47. The molecule has 2 N–H and O–H groups in total. The van der Waals surface area contributed by atoms with Gasteiger partial charge in [0.1, 0.15) is 5.01 Å². The van der Waals surface area contributed by atoms with Crippen molar-refractivity contribution in [1.29, 1.82) is 0 Å². The van der Waals surface area contributed by atoms with Crippen LogP contribution in [0.3, 0.4) is 0 Å². The molecule has 0 saturated carbocycles. The second kappa shape index (κ2) is 4.00. The number of aromatic nitrogens is 2. The smallest absolute Gasteiger partial charge is 0.208 e. The van der Waals surface area contributed by atoms with Crippen molar-refractivity contribution >= 4 is 22.2 Å². The van der Waals surface area contributed by atoms with Gasteiger partial charge in [0.25, 0.3) is 0 Å². The molecular formula is C12H14N4S. The lowest BCUT2D eigenvalue weighted by Crippen LogP contribution is -2.30. The normalized spacial score (nSPS) is 14.8. The molecule has 1 aromatic heterocycles. The maximum Gasteiger partial charge on any atom is 0.208 e. The maximum atomic E-state index is 5.99. The third-order valence-electron chi connectivity index (χ3n) is 3.09. The van der Waals surface area contributed by atoms with Gasteiger partial charge in [-0.15, -0.1) is 10.2 Å². The third kappa shape index (κ3) is 1.86. The Morgan fingerprint density at radius 3 is 3.00 bits per heavy atom. The van der Waals surface area contributed by atoms with Gasteiger partial charge >= 0.3 is 0 Å². The van der Waals surface area contributed by atoms with Gasteiger partial charge in [-0.2, -0.15) is 0 Å². The third-order valence-corrected chi connectivity index (χ3v) is 3.99. The largest absolute Gasteiger partial charge is 0.398 e.